The Morgan fingerprint density at radius 3 is 2.27 bits per heavy atom. The predicted octanol–water partition coefficient (Wildman–Crippen LogP) is 6.87. The van der Waals surface area contributed by atoms with Gasteiger partial charge in [-0.1, -0.05) is 17.7 Å². The maximum atomic E-state index is 13.4. The van der Waals surface area contributed by atoms with Crippen molar-refractivity contribution in [3.8, 4) is 11.5 Å². The number of carbonyl (C=O) groups is 3. The third-order valence-corrected chi connectivity index (χ3v) is 8.79. The number of hydrogen-bond acceptors (Lipinski definition) is 6. The van der Waals surface area contributed by atoms with Gasteiger partial charge in [-0.2, -0.15) is 0 Å². The van der Waals surface area contributed by atoms with E-state index in [1.807, 2.05) is 25.1 Å². The number of amides is 1. The molecule has 0 atom stereocenters. The molecule has 1 aliphatic heterocycles. The average Bonchev–Trinajstić information content (AvgIpc) is 2.93. The minimum atomic E-state index is -0.456. The van der Waals surface area contributed by atoms with E-state index in [0.717, 1.165) is 65.9 Å². The van der Waals surface area contributed by atoms with Crippen LogP contribution in [0.5, 0.6) is 11.5 Å². The summed E-state index contributed by atoms with van der Waals surface area (Å²) in [6.07, 6.45) is 4.21. The second kappa shape index (κ2) is 11.8. The summed E-state index contributed by atoms with van der Waals surface area (Å²) in [5.41, 5.74) is 5.81. The molecule has 2 aliphatic carbocycles. The van der Waals surface area contributed by atoms with Gasteiger partial charge in [0.25, 0.3) is 5.91 Å². The molecule has 1 N–H and O–H groups in total. The van der Waals surface area contributed by atoms with Crippen molar-refractivity contribution in [3.05, 3.63) is 73.5 Å². The van der Waals surface area contributed by atoms with Gasteiger partial charge < -0.3 is 19.7 Å². The van der Waals surface area contributed by atoms with Crippen molar-refractivity contribution in [1.82, 2.24) is 4.90 Å². The molecule has 2 aromatic carbocycles. The highest BCUT2D eigenvalue weighted by molar-refractivity contribution is 9.10. The average molecular weight is 628 g/mol. The zero-order chi connectivity index (χ0) is 28.6. The molecule has 0 unspecified atom stereocenters. The Balaban J connectivity index is 1.47. The largest absolute Gasteiger partial charge is 0.493 e. The van der Waals surface area contributed by atoms with Crippen molar-refractivity contribution in [2.75, 3.05) is 25.6 Å². The molecule has 0 bridgehead atoms. The van der Waals surface area contributed by atoms with Crippen LogP contribution in [0.15, 0.2) is 57.3 Å². The Hall–Kier alpha value is -3.10. The van der Waals surface area contributed by atoms with Crippen molar-refractivity contribution in [3.63, 3.8) is 0 Å². The first-order valence-electron chi connectivity index (χ1n) is 13.6. The number of anilines is 1. The third kappa shape index (κ3) is 5.31. The topological polar surface area (TPSA) is 84.9 Å². The monoisotopic (exact) mass is 626 g/mol. The lowest BCUT2D eigenvalue weighted by molar-refractivity contribution is -0.118. The Kier molecular flexibility index (Phi) is 8.38. The lowest BCUT2D eigenvalue weighted by atomic mass is 9.71. The molecule has 0 aromatic heterocycles. The molecule has 0 radical (unpaired) electrons. The van der Waals surface area contributed by atoms with Gasteiger partial charge in [-0.25, -0.2) is 0 Å². The normalized spacial score (nSPS) is 17.6. The molecular formula is C31H32BrClN2O5. The van der Waals surface area contributed by atoms with E-state index in [0.29, 0.717) is 39.5 Å². The number of methoxy groups -OCH3 is 1. The Labute approximate surface area is 247 Å². The van der Waals surface area contributed by atoms with Gasteiger partial charge in [-0.15, -0.1) is 0 Å². The molecule has 0 saturated carbocycles. The number of rotatable bonds is 7. The number of nitrogens with one attached hydrogen (secondary N) is 1. The van der Waals surface area contributed by atoms with Crippen molar-refractivity contribution in [1.29, 1.82) is 0 Å². The van der Waals surface area contributed by atoms with E-state index < -0.39 is 5.92 Å². The number of allylic oxidation sites excluding steroid dienone is 4. The van der Waals surface area contributed by atoms with Gasteiger partial charge in [0.2, 0.25) is 0 Å². The van der Waals surface area contributed by atoms with Gasteiger partial charge in [0.05, 0.1) is 11.6 Å². The standard InChI is InChI=1S/C31H32BrClN2O5/c1-4-35-22-7-5-9-24(36)29(22)28(30-23(35)8-6-10-25(30)37)18-13-20(32)31(26(14-18)39-3)40-16-27(38)34-19-12-11-17(2)21(33)15-19/h11-15,28H,4-10,16H2,1-3H3,(H,34,38). The highest BCUT2D eigenvalue weighted by atomic mass is 79.9. The summed E-state index contributed by atoms with van der Waals surface area (Å²) in [5, 5.41) is 3.35. The van der Waals surface area contributed by atoms with Gasteiger partial charge >= 0.3 is 0 Å². The molecule has 1 amide bonds. The second-order valence-electron chi connectivity index (χ2n) is 10.3. The van der Waals surface area contributed by atoms with E-state index >= 15 is 0 Å². The zero-order valence-electron chi connectivity index (χ0n) is 22.9. The van der Waals surface area contributed by atoms with Crippen LogP contribution in [0, 0.1) is 6.92 Å². The Morgan fingerprint density at radius 2 is 1.70 bits per heavy atom. The van der Waals surface area contributed by atoms with E-state index in [-0.39, 0.29) is 24.1 Å². The quantitative estimate of drug-likeness (QED) is 0.361. The van der Waals surface area contributed by atoms with Crippen LogP contribution < -0.4 is 14.8 Å². The van der Waals surface area contributed by atoms with Crippen LogP contribution in [-0.2, 0) is 14.4 Å². The number of Topliss-reactive ketones (excluding diaryl/α,β-unsaturated/α-hetero) is 2. The summed E-state index contributed by atoms with van der Waals surface area (Å²) >= 11 is 9.78. The van der Waals surface area contributed by atoms with Crippen LogP contribution in [0.25, 0.3) is 0 Å². The zero-order valence-corrected chi connectivity index (χ0v) is 25.2. The van der Waals surface area contributed by atoms with Crippen LogP contribution in [-0.4, -0.2) is 42.6 Å². The van der Waals surface area contributed by atoms with E-state index in [4.69, 9.17) is 21.1 Å². The molecule has 3 aliphatic rings. The van der Waals surface area contributed by atoms with E-state index in [9.17, 15) is 14.4 Å². The summed E-state index contributed by atoms with van der Waals surface area (Å²) in [7, 11) is 1.53. The molecule has 40 heavy (non-hydrogen) atoms. The van der Waals surface area contributed by atoms with Gasteiger partial charge in [0.15, 0.2) is 29.7 Å². The molecule has 1 heterocycles. The fourth-order valence-corrected chi connectivity index (χ4v) is 6.74. The summed E-state index contributed by atoms with van der Waals surface area (Å²) in [6, 6.07) is 9.00. The number of ether oxygens (including phenoxy) is 2. The smallest absolute Gasteiger partial charge is 0.262 e. The van der Waals surface area contributed by atoms with Crippen LogP contribution in [0.3, 0.4) is 0 Å². The highest BCUT2D eigenvalue weighted by Gasteiger charge is 2.43. The summed E-state index contributed by atoms with van der Waals surface area (Å²) < 4.78 is 12.2. The third-order valence-electron chi connectivity index (χ3n) is 7.79. The summed E-state index contributed by atoms with van der Waals surface area (Å²) in [6.45, 7) is 4.43. The van der Waals surface area contributed by atoms with Crippen molar-refractivity contribution in [2.24, 2.45) is 0 Å². The summed E-state index contributed by atoms with van der Waals surface area (Å²) in [5.74, 6) is 0.153. The SMILES string of the molecule is CCN1C2=C(C(=O)CCC2)C(c2cc(Br)c(OCC(=O)Nc3ccc(C)c(Cl)c3)c(OC)c2)C2=C1CCCC2=O. The Bertz CT molecular complexity index is 1420. The number of ketones is 2. The first-order chi connectivity index (χ1) is 19.2. The fourth-order valence-electron chi connectivity index (χ4n) is 5.98. The highest BCUT2D eigenvalue weighted by Crippen LogP contribution is 2.51. The van der Waals surface area contributed by atoms with Crippen molar-refractivity contribution in [2.45, 2.75) is 58.3 Å². The Morgan fingerprint density at radius 1 is 1.05 bits per heavy atom. The molecule has 2 aromatic rings. The molecule has 9 heteroatoms. The van der Waals surface area contributed by atoms with Crippen molar-refractivity contribution < 1.29 is 23.9 Å². The van der Waals surface area contributed by atoms with Gasteiger partial charge in [0, 0.05) is 58.6 Å². The summed E-state index contributed by atoms with van der Waals surface area (Å²) in [4.78, 5) is 41.6. The van der Waals surface area contributed by atoms with Crippen LogP contribution >= 0.6 is 27.5 Å². The minimum absolute atomic E-state index is 0.0953. The molecule has 0 spiro atoms. The maximum Gasteiger partial charge on any atom is 0.262 e. The van der Waals surface area contributed by atoms with Gasteiger partial charge in [-0.05, 0) is 90.9 Å². The molecule has 0 saturated heterocycles. The van der Waals surface area contributed by atoms with E-state index in [2.05, 4.69) is 33.1 Å². The predicted molar refractivity (Wildman–Crippen MR) is 158 cm³/mol. The molecule has 0 fully saturated rings. The number of hydrogen-bond donors (Lipinski definition) is 1. The lowest BCUT2D eigenvalue weighted by Gasteiger charge is -2.43. The molecule has 5 rings (SSSR count). The first-order valence-corrected chi connectivity index (χ1v) is 14.8. The van der Waals surface area contributed by atoms with Crippen LogP contribution in [0.4, 0.5) is 5.69 Å². The van der Waals surface area contributed by atoms with Gasteiger partial charge in [0.1, 0.15) is 0 Å². The maximum absolute atomic E-state index is 13.4. The van der Waals surface area contributed by atoms with Crippen LogP contribution in [0.1, 0.15) is 62.5 Å². The fraction of sp³-hybridized carbons (Fsp3) is 0.387. The molecular weight excluding hydrogens is 596 g/mol. The van der Waals surface area contributed by atoms with E-state index in [1.54, 1.807) is 12.1 Å². The van der Waals surface area contributed by atoms with Crippen LogP contribution in [0.2, 0.25) is 5.02 Å². The van der Waals surface area contributed by atoms with Crippen molar-refractivity contribution >= 4 is 50.7 Å². The first kappa shape index (κ1) is 28.4. The molecule has 210 valence electrons. The van der Waals surface area contributed by atoms with E-state index in [1.165, 1.54) is 7.11 Å². The number of benzene rings is 2. The van der Waals surface area contributed by atoms with Gasteiger partial charge in [-0.3, -0.25) is 14.4 Å². The lowest BCUT2D eigenvalue weighted by Crippen LogP contribution is -2.39. The second-order valence-corrected chi connectivity index (χ2v) is 11.5. The number of halogens is 2. The minimum Gasteiger partial charge on any atom is -0.493 e. The number of carbonyl (C=O) groups excluding carboxylic acids is 3. The molecule has 7 nitrogen and oxygen atoms in total. The number of aryl methyl sites for hydroxylation is 1. The number of nitrogens with zero attached hydrogens (tertiary/aromatic N) is 1.